The molecular formula is C15H21N3O4. The van der Waals surface area contributed by atoms with Crippen LogP contribution in [0.4, 0.5) is 0 Å². The molecule has 0 saturated carbocycles. The van der Waals surface area contributed by atoms with E-state index in [1.54, 1.807) is 0 Å². The maximum absolute atomic E-state index is 12.7. The molecule has 0 aromatic heterocycles. The number of hydrogen-bond donors (Lipinski definition) is 2. The zero-order valence-electron chi connectivity index (χ0n) is 13.0. The molecule has 22 heavy (non-hydrogen) atoms. The van der Waals surface area contributed by atoms with E-state index in [-0.39, 0.29) is 30.9 Å². The lowest BCUT2D eigenvalue weighted by Gasteiger charge is -2.29. The minimum atomic E-state index is -0.819. The molecule has 3 aliphatic rings. The minimum Gasteiger partial charge on any atom is -0.368 e. The largest absolute Gasteiger partial charge is 0.368 e. The number of nitrogens with zero attached hydrogens (tertiary/aromatic N) is 1. The summed E-state index contributed by atoms with van der Waals surface area (Å²) in [5.41, 5.74) is 3.60. The highest BCUT2D eigenvalue weighted by Crippen LogP contribution is 2.57. The van der Waals surface area contributed by atoms with Gasteiger partial charge in [-0.1, -0.05) is 12.2 Å². The van der Waals surface area contributed by atoms with E-state index in [9.17, 15) is 14.4 Å². The van der Waals surface area contributed by atoms with Crippen molar-refractivity contribution in [1.29, 1.82) is 0 Å². The van der Waals surface area contributed by atoms with E-state index in [0.717, 1.165) is 0 Å². The van der Waals surface area contributed by atoms with Crippen molar-refractivity contribution in [2.24, 2.45) is 17.6 Å². The van der Waals surface area contributed by atoms with Gasteiger partial charge in [-0.15, -0.1) is 0 Å². The van der Waals surface area contributed by atoms with Crippen molar-refractivity contribution >= 4 is 17.7 Å². The summed E-state index contributed by atoms with van der Waals surface area (Å²) in [6.07, 6.45) is 3.71. The average Bonchev–Trinajstić information content (AvgIpc) is 2.91. The first-order chi connectivity index (χ1) is 10.2. The SMILES string of the molecule is CC(C)NC(=O)[C@H]1[C@H]2C(=O)N(CC(N)=O)C[C@]23C=C[C@]1(C)O3. The van der Waals surface area contributed by atoms with Crippen LogP contribution < -0.4 is 11.1 Å². The molecule has 3 heterocycles. The number of hydrogen-bond acceptors (Lipinski definition) is 4. The number of primary amides is 1. The number of carbonyl (C=O) groups is 3. The summed E-state index contributed by atoms with van der Waals surface area (Å²) < 4.78 is 6.08. The van der Waals surface area contributed by atoms with Crippen LogP contribution in [0.15, 0.2) is 12.2 Å². The molecule has 120 valence electrons. The van der Waals surface area contributed by atoms with Crippen LogP contribution in [0.3, 0.4) is 0 Å². The number of ether oxygens (including phenoxy) is 1. The number of likely N-dealkylation sites (tertiary alicyclic amines) is 1. The van der Waals surface area contributed by atoms with Crippen LogP contribution >= 0.6 is 0 Å². The van der Waals surface area contributed by atoms with E-state index in [0.29, 0.717) is 0 Å². The van der Waals surface area contributed by atoms with Crippen molar-refractivity contribution < 1.29 is 19.1 Å². The van der Waals surface area contributed by atoms with E-state index in [2.05, 4.69) is 5.32 Å². The van der Waals surface area contributed by atoms with Crippen LogP contribution in [0.5, 0.6) is 0 Å². The first-order valence-corrected chi connectivity index (χ1v) is 7.46. The minimum absolute atomic E-state index is 0.0200. The summed E-state index contributed by atoms with van der Waals surface area (Å²) in [5, 5.41) is 2.87. The molecule has 3 aliphatic heterocycles. The Labute approximate surface area is 128 Å². The van der Waals surface area contributed by atoms with Gasteiger partial charge in [-0.2, -0.15) is 0 Å². The number of amides is 3. The molecule has 4 atom stereocenters. The molecule has 7 nitrogen and oxygen atoms in total. The van der Waals surface area contributed by atoms with E-state index in [1.807, 2.05) is 32.9 Å². The Morgan fingerprint density at radius 3 is 2.77 bits per heavy atom. The molecule has 0 aliphatic carbocycles. The molecule has 0 radical (unpaired) electrons. The fourth-order valence-corrected chi connectivity index (χ4v) is 3.95. The lowest BCUT2D eigenvalue weighted by molar-refractivity contribution is -0.140. The smallest absolute Gasteiger partial charge is 0.237 e. The second-order valence-corrected chi connectivity index (χ2v) is 6.85. The summed E-state index contributed by atoms with van der Waals surface area (Å²) in [6.45, 7) is 5.68. The predicted octanol–water partition coefficient (Wildman–Crippen LogP) is -0.832. The standard InChI is InChI=1S/C15H21N3O4/c1-8(2)17-12(20)10-11-13(21)18(6-9(16)19)7-15(11)5-4-14(10,3)22-15/h4-5,8,10-11H,6-7H2,1-3H3,(H2,16,19)(H,17,20)/t10-,11+,14+,15-/m1/s1. The number of nitrogens with one attached hydrogen (secondary N) is 1. The number of fused-ring (bicyclic) bond motifs is 1. The van der Waals surface area contributed by atoms with Crippen molar-refractivity contribution in [2.75, 3.05) is 13.1 Å². The van der Waals surface area contributed by atoms with Gasteiger partial charge in [-0.3, -0.25) is 14.4 Å². The van der Waals surface area contributed by atoms with Gasteiger partial charge in [-0.25, -0.2) is 0 Å². The normalized spacial score (nSPS) is 38.7. The van der Waals surface area contributed by atoms with Crippen LogP contribution in [0.2, 0.25) is 0 Å². The molecule has 3 amide bonds. The van der Waals surface area contributed by atoms with Gasteiger partial charge in [0.05, 0.1) is 30.5 Å². The molecule has 7 heteroatoms. The topological polar surface area (TPSA) is 102 Å². The monoisotopic (exact) mass is 307 g/mol. The third kappa shape index (κ3) is 1.95. The quantitative estimate of drug-likeness (QED) is 0.662. The highest BCUT2D eigenvalue weighted by molar-refractivity contribution is 5.95. The fraction of sp³-hybridized carbons (Fsp3) is 0.667. The van der Waals surface area contributed by atoms with Gasteiger partial charge in [0.2, 0.25) is 17.7 Å². The Hall–Kier alpha value is -1.89. The summed E-state index contributed by atoms with van der Waals surface area (Å²) in [4.78, 5) is 37.8. The molecule has 0 aromatic carbocycles. The second-order valence-electron chi connectivity index (χ2n) is 6.85. The molecule has 1 spiro atoms. The summed E-state index contributed by atoms with van der Waals surface area (Å²) in [6, 6.07) is -0.0200. The zero-order chi connectivity index (χ0) is 16.3. The highest BCUT2D eigenvalue weighted by atomic mass is 16.5. The van der Waals surface area contributed by atoms with Gasteiger partial charge in [0.1, 0.15) is 5.60 Å². The highest BCUT2D eigenvalue weighted by Gasteiger charge is 2.71. The van der Waals surface area contributed by atoms with Crippen molar-refractivity contribution in [1.82, 2.24) is 10.2 Å². The summed E-state index contributed by atoms with van der Waals surface area (Å²) in [7, 11) is 0. The van der Waals surface area contributed by atoms with Gasteiger partial charge in [0.25, 0.3) is 0 Å². The van der Waals surface area contributed by atoms with Gasteiger partial charge in [0.15, 0.2) is 0 Å². The van der Waals surface area contributed by atoms with Crippen molar-refractivity contribution in [2.45, 2.75) is 38.0 Å². The molecular weight excluding hydrogens is 286 g/mol. The first kappa shape index (κ1) is 15.0. The van der Waals surface area contributed by atoms with E-state index < -0.39 is 28.9 Å². The molecule has 2 bridgehead atoms. The number of nitrogens with two attached hydrogens (primary N) is 1. The molecule has 2 fully saturated rings. The van der Waals surface area contributed by atoms with Crippen molar-refractivity contribution in [3.05, 3.63) is 12.2 Å². The third-order valence-corrected chi connectivity index (χ3v) is 4.66. The molecule has 0 aromatic rings. The van der Waals surface area contributed by atoms with Gasteiger partial charge in [-0.05, 0) is 20.8 Å². The van der Waals surface area contributed by atoms with Crippen LogP contribution in [0.25, 0.3) is 0 Å². The van der Waals surface area contributed by atoms with Gasteiger partial charge < -0.3 is 20.7 Å². The first-order valence-electron chi connectivity index (χ1n) is 7.46. The van der Waals surface area contributed by atoms with Crippen molar-refractivity contribution in [3.63, 3.8) is 0 Å². The maximum atomic E-state index is 12.7. The van der Waals surface area contributed by atoms with E-state index >= 15 is 0 Å². The number of carbonyl (C=O) groups excluding carboxylic acids is 3. The van der Waals surface area contributed by atoms with Gasteiger partial charge >= 0.3 is 0 Å². The molecule has 0 unspecified atom stereocenters. The van der Waals surface area contributed by atoms with Crippen LogP contribution in [0, 0.1) is 11.8 Å². The Bertz CT molecular complexity index is 587. The Morgan fingerprint density at radius 2 is 2.18 bits per heavy atom. The third-order valence-electron chi connectivity index (χ3n) is 4.66. The van der Waals surface area contributed by atoms with Crippen LogP contribution in [-0.4, -0.2) is 53.0 Å². The van der Waals surface area contributed by atoms with Crippen molar-refractivity contribution in [3.8, 4) is 0 Å². The zero-order valence-corrected chi connectivity index (χ0v) is 13.0. The molecule has 2 saturated heterocycles. The second kappa shape index (κ2) is 4.55. The summed E-state index contributed by atoms with van der Waals surface area (Å²) >= 11 is 0. The fourth-order valence-electron chi connectivity index (χ4n) is 3.95. The molecule has 3 N–H and O–H groups in total. The lowest BCUT2D eigenvalue weighted by Crippen LogP contribution is -2.49. The molecule has 3 rings (SSSR count). The van der Waals surface area contributed by atoms with Crippen LogP contribution in [-0.2, 0) is 19.1 Å². The van der Waals surface area contributed by atoms with E-state index in [4.69, 9.17) is 10.5 Å². The maximum Gasteiger partial charge on any atom is 0.237 e. The number of rotatable bonds is 4. The Balaban J connectivity index is 1.93. The Morgan fingerprint density at radius 1 is 1.50 bits per heavy atom. The van der Waals surface area contributed by atoms with Gasteiger partial charge in [0, 0.05) is 6.04 Å². The predicted molar refractivity (Wildman–Crippen MR) is 77.4 cm³/mol. The summed E-state index contributed by atoms with van der Waals surface area (Å²) in [5.74, 6) is -2.19. The van der Waals surface area contributed by atoms with Crippen LogP contribution in [0.1, 0.15) is 20.8 Å². The lowest BCUT2D eigenvalue weighted by atomic mass is 9.72. The van der Waals surface area contributed by atoms with E-state index in [1.165, 1.54) is 4.90 Å². The average molecular weight is 307 g/mol. The Kier molecular flexibility index (Phi) is 3.11.